The molecule has 30 heavy (non-hydrogen) atoms. The molecule has 1 unspecified atom stereocenters. The molecule has 3 rings (SSSR count). The van der Waals surface area contributed by atoms with Crippen molar-refractivity contribution in [1.29, 1.82) is 0 Å². The van der Waals surface area contributed by atoms with Gasteiger partial charge in [-0.3, -0.25) is 9.69 Å². The molecule has 1 fully saturated rings. The Morgan fingerprint density at radius 1 is 1.37 bits per heavy atom. The Balaban J connectivity index is 1.60. The number of aliphatic imine (C=N–C) groups is 1. The van der Waals surface area contributed by atoms with Gasteiger partial charge in [-0.25, -0.2) is 9.38 Å². The number of rotatable bonds is 8. The van der Waals surface area contributed by atoms with Gasteiger partial charge in [0.2, 0.25) is 5.91 Å². The molecule has 7 nitrogen and oxygen atoms in total. The lowest BCUT2D eigenvalue weighted by atomic mass is 10.1. The monoisotopic (exact) mass is 416 g/mol. The SMILES string of the molecule is CCN1CCCC1CNC(=NCC(=O)N(C)C)NCCc1c[nH]c2ccc(F)cc12. The molecule has 1 aliphatic heterocycles. The molecule has 1 amide bonds. The predicted octanol–water partition coefficient (Wildman–Crippen LogP) is 1.96. The summed E-state index contributed by atoms with van der Waals surface area (Å²) in [5.74, 6) is 0.359. The number of fused-ring (bicyclic) bond motifs is 1. The second-order valence-electron chi connectivity index (χ2n) is 7.94. The summed E-state index contributed by atoms with van der Waals surface area (Å²) in [6.07, 6.45) is 5.03. The zero-order valence-corrected chi connectivity index (χ0v) is 18.2. The van der Waals surface area contributed by atoms with E-state index in [1.165, 1.54) is 23.8 Å². The molecular weight excluding hydrogens is 383 g/mol. The highest BCUT2D eigenvalue weighted by atomic mass is 19.1. The van der Waals surface area contributed by atoms with E-state index in [0.717, 1.165) is 42.5 Å². The molecule has 0 aliphatic carbocycles. The van der Waals surface area contributed by atoms with Gasteiger partial charge in [0, 0.05) is 50.3 Å². The first kappa shape index (κ1) is 22.1. The topological polar surface area (TPSA) is 75.8 Å². The molecule has 1 atom stereocenters. The first-order valence-electron chi connectivity index (χ1n) is 10.7. The van der Waals surface area contributed by atoms with Crippen LogP contribution in [0.3, 0.4) is 0 Å². The van der Waals surface area contributed by atoms with E-state index in [0.29, 0.717) is 18.5 Å². The van der Waals surface area contributed by atoms with E-state index in [2.05, 4.69) is 32.4 Å². The Labute approximate surface area is 177 Å². The van der Waals surface area contributed by atoms with Crippen molar-refractivity contribution >= 4 is 22.8 Å². The molecule has 1 aromatic carbocycles. The number of aromatic nitrogens is 1. The molecule has 2 heterocycles. The number of hydrogen-bond donors (Lipinski definition) is 3. The van der Waals surface area contributed by atoms with E-state index in [1.54, 1.807) is 26.2 Å². The zero-order chi connectivity index (χ0) is 21.5. The van der Waals surface area contributed by atoms with E-state index < -0.39 is 0 Å². The summed E-state index contributed by atoms with van der Waals surface area (Å²) in [6, 6.07) is 5.26. The van der Waals surface area contributed by atoms with Crippen LogP contribution >= 0.6 is 0 Å². The van der Waals surface area contributed by atoms with Crippen molar-refractivity contribution < 1.29 is 9.18 Å². The zero-order valence-electron chi connectivity index (χ0n) is 18.2. The molecule has 0 radical (unpaired) electrons. The van der Waals surface area contributed by atoms with Gasteiger partial charge in [-0.05, 0) is 56.1 Å². The van der Waals surface area contributed by atoms with Crippen LogP contribution in [0.5, 0.6) is 0 Å². The number of aromatic amines is 1. The lowest BCUT2D eigenvalue weighted by Crippen LogP contribution is -2.45. The summed E-state index contributed by atoms with van der Waals surface area (Å²) in [7, 11) is 3.46. The number of halogens is 1. The highest BCUT2D eigenvalue weighted by molar-refractivity contribution is 5.85. The minimum absolute atomic E-state index is 0.0424. The minimum Gasteiger partial charge on any atom is -0.361 e. The fourth-order valence-electron chi connectivity index (χ4n) is 3.89. The van der Waals surface area contributed by atoms with Crippen LogP contribution in [0.25, 0.3) is 10.9 Å². The van der Waals surface area contributed by atoms with Crippen LogP contribution < -0.4 is 10.6 Å². The van der Waals surface area contributed by atoms with Gasteiger partial charge < -0.3 is 20.5 Å². The summed E-state index contributed by atoms with van der Waals surface area (Å²) in [5.41, 5.74) is 1.98. The number of hydrogen-bond acceptors (Lipinski definition) is 3. The Morgan fingerprint density at radius 3 is 2.97 bits per heavy atom. The average Bonchev–Trinajstić information content (AvgIpc) is 3.35. The quantitative estimate of drug-likeness (QED) is 0.454. The van der Waals surface area contributed by atoms with Gasteiger partial charge >= 0.3 is 0 Å². The van der Waals surface area contributed by atoms with E-state index >= 15 is 0 Å². The van der Waals surface area contributed by atoms with Gasteiger partial charge in [0.25, 0.3) is 0 Å². The fraction of sp³-hybridized carbons (Fsp3) is 0.545. The smallest absolute Gasteiger partial charge is 0.243 e. The molecule has 0 saturated carbocycles. The first-order chi connectivity index (χ1) is 14.5. The van der Waals surface area contributed by atoms with Crippen LogP contribution in [-0.2, 0) is 11.2 Å². The van der Waals surface area contributed by atoms with Gasteiger partial charge in [-0.15, -0.1) is 0 Å². The normalized spacial score (nSPS) is 17.5. The third-order valence-corrected chi connectivity index (χ3v) is 5.70. The van der Waals surface area contributed by atoms with Crippen molar-refractivity contribution in [3.63, 3.8) is 0 Å². The van der Waals surface area contributed by atoms with Crippen LogP contribution in [0.4, 0.5) is 4.39 Å². The number of carbonyl (C=O) groups is 1. The number of likely N-dealkylation sites (N-methyl/N-ethyl adjacent to an activating group) is 2. The van der Waals surface area contributed by atoms with Crippen molar-refractivity contribution in [3.8, 4) is 0 Å². The summed E-state index contributed by atoms with van der Waals surface area (Å²) < 4.78 is 13.6. The maximum Gasteiger partial charge on any atom is 0.243 e. The third kappa shape index (κ3) is 5.72. The Bertz CT molecular complexity index is 878. The van der Waals surface area contributed by atoms with E-state index in [-0.39, 0.29) is 18.3 Å². The van der Waals surface area contributed by atoms with E-state index in [4.69, 9.17) is 0 Å². The highest BCUT2D eigenvalue weighted by Gasteiger charge is 2.22. The van der Waals surface area contributed by atoms with Crippen molar-refractivity contribution in [3.05, 3.63) is 35.8 Å². The number of H-pyrrole nitrogens is 1. The largest absolute Gasteiger partial charge is 0.361 e. The molecular formula is C22H33FN6O. The van der Waals surface area contributed by atoms with Crippen molar-refractivity contribution in [1.82, 2.24) is 25.4 Å². The molecule has 1 saturated heterocycles. The van der Waals surface area contributed by atoms with Crippen molar-refractivity contribution in [2.75, 3.05) is 46.8 Å². The van der Waals surface area contributed by atoms with Gasteiger partial charge in [0.15, 0.2) is 5.96 Å². The van der Waals surface area contributed by atoms with Gasteiger partial charge in [-0.1, -0.05) is 6.92 Å². The summed E-state index contributed by atoms with van der Waals surface area (Å²) >= 11 is 0. The van der Waals surface area contributed by atoms with Gasteiger partial charge in [-0.2, -0.15) is 0 Å². The molecule has 3 N–H and O–H groups in total. The number of benzene rings is 1. The molecule has 1 aliphatic rings. The van der Waals surface area contributed by atoms with E-state index in [9.17, 15) is 9.18 Å². The summed E-state index contributed by atoms with van der Waals surface area (Å²) in [4.78, 5) is 23.6. The first-order valence-corrected chi connectivity index (χ1v) is 10.7. The molecule has 0 bridgehead atoms. The summed E-state index contributed by atoms with van der Waals surface area (Å²) in [5, 5.41) is 7.63. The second-order valence-corrected chi connectivity index (χ2v) is 7.94. The number of likely N-dealkylation sites (tertiary alicyclic amines) is 1. The lowest BCUT2D eigenvalue weighted by molar-refractivity contribution is -0.127. The average molecular weight is 417 g/mol. The van der Waals surface area contributed by atoms with Gasteiger partial charge in [0.1, 0.15) is 12.4 Å². The molecule has 164 valence electrons. The van der Waals surface area contributed by atoms with Crippen molar-refractivity contribution in [2.24, 2.45) is 4.99 Å². The molecule has 8 heteroatoms. The number of nitrogens with zero attached hydrogens (tertiary/aromatic N) is 3. The maximum atomic E-state index is 13.6. The summed E-state index contributed by atoms with van der Waals surface area (Å²) in [6.45, 7) is 5.90. The number of amides is 1. The molecule has 2 aromatic rings. The van der Waals surface area contributed by atoms with Crippen LogP contribution in [-0.4, -0.2) is 79.5 Å². The Kier molecular flexibility index (Phi) is 7.68. The highest BCUT2D eigenvalue weighted by Crippen LogP contribution is 2.19. The number of carbonyl (C=O) groups excluding carboxylic acids is 1. The van der Waals surface area contributed by atoms with Gasteiger partial charge in [0.05, 0.1) is 0 Å². The maximum absolute atomic E-state index is 13.6. The van der Waals surface area contributed by atoms with Crippen LogP contribution in [0.2, 0.25) is 0 Å². The number of guanidine groups is 1. The second kappa shape index (κ2) is 10.4. The fourth-order valence-corrected chi connectivity index (χ4v) is 3.89. The third-order valence-electron chi connectivity index (χ3n) is 5.70. The number of nitrogens with one attached hydrogen (secondary N) is 3. The van der Waals surface area contributed by atoms with Crippen LogP contribution in [0.1, 0.15) is 25.3 Å². The Hall–Kier alpha value is -2.61. The standard InChI is InChI=1S/C22H33FN6O/c1-4-29-11-5-6-18(29)14-26-22(27-15-21(30)28(2)3)24-10-9-16-13-25-20-8-7-17(23)12-19(16)20/h7-8,12-13,18,25H,4-6,9-11,14-15H2,1-3H3,(H2,24,26,27). The van der Waals surface area contributed by atoms with Crippen molar-refractivity contribution in [2.45, 2.75) is 32.2 Å². The molecule has 1 aromatic heterocycles. The minimum atomic E-state index is -0.237. The van der Waals surface area contributed by atoms with Crippen LogP contribution in [0.15, 0.2) is 29.4 Å². The van der Waals surface area contributed by atoms with E-state index in [1.807, 2.05) is 6.20 Å². The predicted molar refractivity (Wildman–Crippen MR) is 119 cm³/mol. The van der Waals surface area contributed by atoms with Crippen LogP contribution in [0, 0.1) is 5.82 Å². The Morgan fingerprint density at radius 2 is 2.20 bits per heavy atom. The lowest BCUT2D eigenvalue weighted by Gasteiger charge is -2.24. The molecule has 0 spiro atoms.